The van der Waals surface area contributed by atoms with E-state index >= 15 is 0 Å². The van der Waals surface area contributed by atoms with Gasteiger partial charge in [-0.1, -0.05) is 36.4 Å². The zero-order chi connectivity index (χ0) is 20.1. The van der Waals surface area contributed by atoms with E-state index < -0.39 is 16.1 Å². The summed E-state index contributed by atoms with van der Waals surface area (Å²) in [4.78, 5) is 12.2. The number of hydrogen-bond donors (Lipinski definition) is 2. The zero-order valence-electron chi connectivity index (χ0n) is 15.5. The van der Waals surface area contributed by atoms with Gasteiger partial charge in [-0.05, 0) is 61.4 Å². The normalized spacial score (nSPS) is 10.9. The predicted molar refractivity (Wildman–Crippen MR) is 109 cm³/mol. The Kier molecular flexibility index (Phi) is 5.65. The van der Waals surface area contributed by atoms with Gasteiger partial charge < -0.3 is 14.8 Å². The van der Waals surface area contributed by atoms with Gasteiger partial charge in [-0.3, -0.25) is 0 Å². The minimum Gasteiger partial charge on any atom is -0.379 e. The van der Waals surface area contributed by atoms with Crippen LogP contribution in [-0.4, -0.2) is 14.4 Å². The summed E-state index contributed by atoms with van der Waals surface area (Å²) in [6.45, 7) is 3.70. The van der Waals surface area contributed by atoms with E-state index in [1.807, 2.05) is 25.1 Å². The number of carbonyl (C=O) groups is 1. The number of rotatable bonds is 5. The minimum atomic E-state index is -4.02. The molecule has 7 heteroatoms. The number of aryl methyl sites for hydroxylation is 2. The number of para-hydroxylation sites is 1. The number of amides is 2. The number of hydrogen-bond acceptors (Lipinski definition) is 4. The van der Waals surface area contributed by atoms with Crippen molar-refractivity contribution in [3.8, 4) is 5.75 Å². The molecule has 0 fully saturated rings. The Balaban J connectivity index is 1.78. The molecule has 0 radical (unpaired) electrons. The molecule has 0 atom stereocenters. The smallest absolute Gasteiger partial charge is 0.339 e. The molecule has 28 heavy (non-hydrogen) atoms. The van der Waals surface area contributed by atoms with Crippen molar-refractivity contribution in [1.82, 2.24) is 0 Å². The fraction of sp³-hybridized carbons (Fsp3) is 0.0952. The van der Waals surface area contributed by atoms with Crippen LogP contribution in [0.5, 0.6) is 5.75 Å². The molecule has 0 aromatic heterocycles. The Bertz CT molecular complexity index is 1100. The molecule has 2 N–H and O–H groups in total. The molecule has 2 amide bonds. The van der Waals surface area contributed by atoms with Crippen molar-refractivity contribution in [2.24, 2.45) is 0 Å². The maximum Gasteiger partial charge on any atom is 0.339 e. The van der Waals surface area contributed by atoms with Crippen molar-refractivity contribution in [3.63, 3.8) is 0 Å². The maximum atomic E-state index is 12.5. The van der Waals surface area contributed by atoms with Gasteiger partial charge in [0.15, 0.2) is 0 Å². The van der Waals surface area contributed by atoms with Crippen LogP contribution in [0.1, 0.15) is 11.1 Å². The van der Waals surface area contributed by atoms with E-state index in [1.54, 1.807) is 49.4 Å². The molecule has 144 valence electrons. The topological polar surface area (TPSA) is 84.5 Å². The van der Waals surface area contributed by atoms with Crippen LogP contribution in [0.15, 0.2) is 77.7 Å². The second kappa shape index (κ2) is 8.14. The van der Waals surface area contributed by atoms with Crippen molar-refractivity contribution in [2.75, 3.05) is 10.6 Å². The average molecular weight is 396 g/mol. The van der Waals surface area contributed by atoms with Crippen molar-refractivity contribution < 1.29 is 17.4 Å². The highest BCUT2D eigenvalue weighted by atomic mass is 32.2. The van der Waals surface area contributed by atoms with Gasteiger partial charge in [-0.25, -0.2) is 4.79 Å². The average Bonchev–Trinajstić information content (AvgIpc) is 2.64. The molecule has 0 saturated carbocycles. The second-order valence-electron chi connectivity index (χ2n) is 6.28. The van der Waals surface area contributed by atoms with Gasteiger partial charge in [-0.15, -0.1) is 0 Å². The number of anilines is 2. The predicted octanol–water partition coefficient (Wildman–Crippen LogP) is 4.72. The van der Waals surface area contributed by atoms with Crippen LogP contribution >= 0.6 is 0 Å². The molecule has 3 rings (SSSR count). The Morgan fingerprint density at radius 2 is 1.61 bits per heavy atom. The third-order valence-corrected chi connectivity index (χ3v) is 5.21. The van der Waals surface area contributed by atoms with Crippen LogP contribution in [0.3, 0.4) is 0 Å². The van der Waals surface area contributed by atoms with E-state index in [-0.39, 0.29) is 10.6 Å². The van der Waals surface area contributed by atoms with Crippen LogP contribution in [0.25, 0.3) is 0 Å². The first kappa shape index (κ1) is 19.4. The summed E-state index contributed by atoms with van der Waals surface area (Å²) in [6.07, 6.45) is 0. The van der Waals surface area contributed by atoms with Crippen molar-refractivity contribution in [1.29, 1.82) is 0 Å². The van der Waals surface area contributed by atoms with Crippen molar-refractivity contribution >= 4 is 27.5 Å². The van der Waals surface area contributed by atoms with E-state index in [2.05, 4.69) is 10.6 Å². The summed E-state index contributed by atoms with van der Waals surface area (Å²) in [7, 11) is -4.02. The Hall–Kier alpha value is -3.32. The number of benzene rings is 3. The van der Waals surface area contributed by atoms with Crippen LogP contribution in [0.2, 0.25) is 0 Å². The molecular weight excluding hydrogens is 376 g/mol. The zero-order valence-corrected chi connectivity index (χ0v) is 16.3. The summed E-state index contributed by atoms with van der Waals surface area (Å²) in [5.74, 6) is 0.217. The molecule has 0 aliphatic heterocycles. The van der Waals surface area contributed by atoms with Crippen LogP contribution < -0.4 is 14.8 Å². The first-order chi connectivity index (χ1) is 13.3. The lowest BCUT2D eigenvalue weighted by molar-refractivity contribution is 0.262. The first-order valence-corrected chi connectivity index (χ1v) is 9.99. The largest absolute Gasteiger partial charge is 0.379 e. The van der Waals surface area contributed by atoms with Crippen LogP contribution in [0.4, 0.5) is 16.2 Å². The molecule has 0 saturated heterocycles. The minimum absolute atomic E-state index is 0.0483. The third-order valence-electron chi connectivity index (χ3n) is 3.97. The highest BCUT2D eigenvalue weighted by Gasteiger charge is 2.18. The molecule has 0 heterocycles. The van der Waals surface area contributed by atoms with Gasteiger partial charge in [0.2, 0.25) is 0 Å². The lowest BCUT2D eigenvalue weighted by atomic mass is 10.2. The highest BCUT2D eigenvalue weighted by Crippen LogP contribution is 2.24. The van der Waals surface area contributed by atoms with Crippen molar-refractivity contribution in [2.45, 2.75) is 18.7 Å². The maximum absolute atomic E-state index is 12.5. The fourth-order valence-corrected chi connectivity index (χ4v) is 3.51. The summed E-state index contributed by atoms with van der Waals surface area (Å²) >= 11 is 0. The van der Waals surface area contributed by atoms with E-state index in [0.29, 0.717) is 11.4 Å². The Labute approximate surface area is 164 Å². The van der Waals surface area contributed by atoms with Gasteiger partial charge >= 0.3 is 16.1 Å². The van der Waals surface area contributed by atoms with E-state index in [1.165, 1.54) is 12.1 Å². The summed E-state index contributed by atoms with van der Waals surface area (Å²) < 4.78 is 30.2. The molecule has 0 spiro atoms. The third kappa shape index (κ3) is 4.89. The van der Waals surface area contributed by atoms with E-state index in [4.69, 9.17) is 4.18 Å². The van der Waals surface area contributed by atoms with Gasteiger partial charge in [0.1, 0.15) is 10.6 Å². The number of urea groups is 1. The van der Waals surface area contributed by atoms with Gasteiger partial charge in [0.25, 0.3) is 0 Å². The molecule has 0 aliphatic rings. The Morgan fingerprint density at radius 3 is 2.32 bits per heavy atom. The summed E-state index contributed by atoms with van der Waals surface area (Å²) in [5, 5.41) is 5.41. The number of carbonyl (C=O) groups excluding carboxylic acids is 1. The lowest BCUT2D eigenvalue weighted by Gasteiger charge is -2.13. The standard InChI is InChI=1S/C21H20N2O4S/c1-15-7-6-8-17(13-15)22-21(24)23-20-14-19(12-11-16(20)2)28(25,26)27-18-9-4-3-5-10-18/h3-14H,1-2H3,(H2,22,23,24). The lowest BCUT2D eigenvalue weighted by Crippen LogP contribution is -2.20. The summed E-state index contributed by atoms with van der Waals surface area (Å²) in [5.41, 5.74) is 2.76. The molecular formula is C21H20N2O4S. The fourth-order valence-electron chi connectivity index (χ4n) is 2.55. The molecule has 0 aliphatic carbocycles. The van der Waals surface area contributed by atoms with Crippen molar-refractivity contribution in [3.05, 3.63) is 83.9 Å². The van der Waals surface area contributed by atoms with E-state index in [9.17, 15) is 13.2 Å². The first-order valence-electron chi connectivity index (χ1n) is 8.58. The van der Waals surface area contributed by atoms with Gasteiger partial charge in [-0.2, -0.15) is 8.42 Å². The van der Waals surface area contributed by atoms with Gasteiger partial charge in [0, 0.05) is 11.4 Å². The number of nitrogens with one attached hydrogen (secondary N) is 2. The Morgan fingerprint density at radius 1 is 0.857 bits per heavy atom. The second-order valence-corrected chi connectivity index (χ2v) is 7.82. The van der Waals surface area contributed by atoms with Gasteiger partial charge in [0.05, 0.1) is 0 Å². The molecule has 0 bridgehead atoms. The SMILES string of the molecule is Cc1cccc(NC(=O)Nc2cc(S(=O)(=O)Oc3ccccc3)ccc2C)c1. The van der Waals surface area contributed by atoms with E-state index in [0.717, 1.165) is 11.1 Å². The quantitative estimate of drug-likeness (QED) is 0.612. The highest BCUT2D eigenvalue weighted by molar-refractivity contribution is 7.87. The van der Waals surface area contributed by atoms with Crippen LogP contribution in [-0.2, 0) is 10.1 Å². The molecule has 3 aromatic carbocycles. The van der Waals surface area contributed by atoms with Crippen LogP contribution in [0, 0.1) is 13.8 Å². The molecule has 3 aromatic rings. The monoisotopic (exact) mass is 396 g/mol. The molecule has 6 nitrogen and oxygen atoms in total. The summed E-state index contributed by atoms with van der Waals surface area (Å²) in [6, 6.07) is 19.6. The molecule has 0 unspecified atom stereocenters.